The number of Topliss-reactive ketones (excluding diaryl/α,β-unsaturated/α-hetero) is 3. The molecule has 64 heavy (non-hydrogen) atoms. The van der Waals surface area contributed by atoms with Crippen molar-refractivity contribution in [3.05, 3.63) is 0 Å². The van der Waals surface area contributed by atoms with Gasteiger partial charge in [-0.25, -0.2) is 0 Å². The summed E-state index contributed by atoms with van der Waals surface area (Å²) >= 11 is 0. The van der Waals surface area contributed by atoms with E-state index in [1.807, 2.05) is 0 Å². The van der Waals surface area contributed by atoms with Gasteiger partial charge in [0.1, 0.15) is 0 Å². The standard InChI is InChI=1S/C45H83N11O8/c1-4-6-7-8-9-10-11-12-13-14-15-16-17-22-41(62)55-35(21-19-28-53-45(50)51)38(59)30-33(24-26-40(47)61)42(63)54-31(3)37(58)29-32(23-25-39(46)60)43(64)56-34(36(57)5-2)20-18-27-52-44(48)49/h31-35H,4-30H2,1-3H3,(H2,46,60)(H2,47,61)(H,54,63)(H,55,62)(H,56,64)(H4,48,49,52)(H4,50,51,53)/t31-,32+,33+,34-,35-/m0/s1. The van der Waals surface area contributed by atoms with E-state index < -0.39 is 71.6 Å². The summed E-state index contributed by atoms with van der Waals surface area (Å²) in [5, 5.41) is 8.12. The second-order valence-electron chi connectivity index (χ2n) is 16.9. The third-order valence-corrected chi connectivity index (χ3v) is 11.1. The van der Waals surface area contributed by atoms with Crippen molar-refractivity contribution in [3.8, 4) is 0 Å². The van der Waals surface area contributed by atoms with Crippen molar-refractivity contribution in [1.29, 1.82) is 0 Å². The molecule has 0 saturated carbocycles. The van der Waals surface area contributed by atoms with E-state index in [1.54, 1.807) is 6.92 Å². The number of carbonyl (C=O) groups is 8. The molecule has 0 aliphatic carbocycles. The minimum Gasteiger partial charge on any atom is -0.370 e. The van der Waals surface area contributed by atoms with Crippen LogP contribution in [-0.4, -0.2) is 90.0 Å². The molecule has 0 bridgehead atoms. The van der Waals surface area contributed by atoms with Crippen LogP contribution in [-0.2, 0) is 38.4 Å². The van der Waals surface area contributed by atoms with Crippen LogP contribution in [0.25, 0.3) is 0 Å². The van der Waals surface area contributed by atoms with Gasteiger partial charge in [0.15, 0.2) is 29.3 Å². The zero-order valence-electron chi connectivity index (χ0n) is 39.1. The lowest BCUT2D eigenvalue weighted by Crippen LogP contribution is -2.47. The second kappa shape index (κ2) is 36.3. The predicted molar refractivity (Wildman–Crippen MR) is 250 cm³/mol. The molecule has 0 aliphatic rings. The molecule has 0 spiro atoms. The van der Waals surface area contributed by atoms with Crippen LogP contribution in [0.1, 0.15) is 181 Å². The Morgan fingerprint density at radius 2 is 0.859 bits per heavy atom. The van der Waals surface area contributed by atoms with Crippen molar-refractivity contribution in [1.82, 2.24) is 16.0 Å². The molecular formula is C45H83N11O8. The SMILES string of the molecule is CCCCCCCCCCCCCCCC(=O)N[C@@H](CCCN=C(N)N)C(=O)C[C@@H](CCC(N)=O)C(=O)N[C@@H](C)C(=O)C[C@@H](CCC(N)=O)C(=O)N[C@@H](CCCN=C(N)N)C(=O)CC. The first kappa shape index (κ1) is 58.9. The minimum atomic E-state index is -1.16. The van der Waals surface area contributed by atoms with Crippen molar-refractivity contribution in [2.75, 3.05) is 13.1 Å². The van der Waals surface area contributed by atoms with Gasteiger partial charge in [0.2, 0.25) is 29.5 Å². The average molecular weight is 906 g/mol. The van der Waals surface area contributed by atoms with E-state index in [2.05, 4.69) is 32.9 Å². The van der Waals surface area contributed by atoms with Gasteiger partial charge in [-0.1, -0.05) is 90.9 Å². The minimum absolute atomic E-state index is 0.0972. The summed E-state index contributed by atoms with van der Waals surface area (Å²) in [7, 11) is 0. The lowest BCUT2D eigenvalue weighted by molar-refractivity contribution is -0.135. The van der Waals surface area contributed by atoms with Crippen LogP contribution in [0.5, 0.6) is 0 Å². The number of carbonyl (C=O) groups excluding carboxylic acids is 8. The molecule has 19 nitrogen and oxygen atoms in total. The van der Waals surface area contributed by atoms with Crippen LogP contribution in [0.3, 0.4) is 0 Å². The smallest absolute Gasteiger partial charge is 0.224 e. The normalized spacial score (nSPS) is 13.3. The van der Waals surface area contributed by atoms with Crippen LogP contribution in [0.4, 0.5) is 0 Å². The van der Waals surface area contributed by atoms with E-state index >= 15 is 0 Å². The van der Waals surface area contributed by atoms with Gasteiger partial charge in [-0.3, -0.25) is 48.3 Å². The second-order valence-corrected chi connectivity index (χ2v) is 16.9. The molecule has 0 unspecified atom stereocenters. The van der Waals surface area contributed by atoms with Crippen LogP contribution < -0.4 is 50.4 Å². The highest BCUT2D eigenvalue weighted by molar-refractivity contribution is 5.96. The van der Waals surface area contributed by atoms with Crippen molar-refractivity contribution in [2.24, 2.45) is 56.2 Å². The molecule has 0 rings (SSSR count). The molecule has 19 heteroatoms. The molecule has 5 atom stereocenters. The number of hydrogen-bond donors (Lipinski definition) is 9. The lowest BCUT2D eigenvalue weighted by atomic mass is 9.90. The van der Waals surface area contributed by atoms with Crippen molar-refractivity contribution < 1.29 is 38.4 Å². The van der Waals surface area contributed by atoms with Crippen LogP contribution in [0.15, 0.2) is 9.98 Å². The van der Waals surface area contributed by atoms with Gasteiger partial charge < -0.3 is 50.4 Å². The molecule has 0 aromatic heterocycles. The highest BCUT2D eigenvalue weighted by atomic mass is 16.2. The van der Waals surface area contributed by atoms with E-state index in [9.17, 15) is 38.4 Å². The zero-order chi connectivity index (χ0) is 48.3. The molecule has 0 saturated heterocycles. The molecule has 0 aromatic carbocycles. The number of amides is 5. The number of nitrogens with two attached hydrogens (primary N) is 6. The Balaban J connectivity index is 5.67. The fourth-order valence-electron chi connectivity index (χ4n) is 7.24. The van der Waals surface area contributed by atoms with Crippen molar-refractivity contribution in [3.63, 3.8) is 0 Å². The predicted octanol–water partition coefficient (Wildman–Crippen LogP) is 2.71. The fourth-order valence-corrected chi connectivity index (χ4v) is 7.24. The van der Waals surface area contributed by atoms with E-state index in [0.29, 0.717) is 19.3 Å². The number of nitrogens with zero attached hydrogens (tertiary/aromatic N) is 2. The first-order chi connectivity index (χ1) is 30.4. The maximum atomic E-state index is 13.8. The van der Waals surface area contributed by atoms with Gasteiger partial charge in [0.05, 0.1) is 18.1 Å². The molecule has 0 aromatic rings. The van der Waals surface area contributed by atoms with Crippen LogP contribution >= 0.6 is 0 Å². The summed E-state index contributed by atoms with van der Waals surface area (Å²) in [6, 6.07) is -3.02. The fraction of sp³-hybridized carbons (Fsp3) is 0.778. The molecule has 0 aliphatic heterocycles. The van der Waals surface area contributed by atoms with Gasteiger partial charge in [-0.05, 0) is 51.9 Å². The highest BCUT2D eigenvalue weighted by Crippen LogP contribution is 2.19. The van der Waals surface area contributed by atoms with Gasteiger partial charge in [-0.2, -0.15) is 0 Å². The molecule has 0 heterocycles. The monoisotopic (exact) mass is 906 g/mol. The van der Waals surface area contributed by atoms with Gasteiger partial charge in [0, 0.05) is 63.5 Å². The quantitative estimate of drug-likeness (QED) is 0.0243. The third-order valence-electron chi connectivity index (χ3n) is 11.1. The maximum absolute atomic E-state index is 13.8. The van der Waals surface area contributed by atoms with Crippen molar-refractivity contribution >= 4 is 58.8 Å². The summed E-state index contributed by atoms with van der Waals surface area (Å²) < 4.78 is 0. The summed E-state index contributed by atoms with van der Waals surface area (Å²) in [6.07, 6.45) is 15.2. The van der Waals surface area contributed by atoms with E-state index in [-0.39, 0.29) is 94.5 Å². The highest BCUT2D eigenvalue weighted by Gasteiger charge is 2.32. The first-order valence-electron chi connectivity index (χ1n) is 23.6. The number of nitrogens with one attached hydrogen (secondary N) is 3. The largest absolute Gasteiger partial charge is 0.370 e. The topological polar surface area (TPSA) is 353 Å². The molecule has 0 radical (unpaired) electrons. The summed E-state index contributed by atoms with van der Waals surface area (Å²) in [5.74, 6) is -6.72. The number of guanidine groups is 2. The van der Waals surface area contributed by atoms with E-state index in [0.717, 1.165) is 19.3 Å². The number of primary amides is 2. The van der Waals surface area contributed by atoms with Gasteiger partial charge in [0.25, 0.3) is 0 Å². The van der Waals surface area contributed by atoms with E-state index in [4.69, 9.17) is 34.4 Å². The third kappa shape index (κ3) is 30.9. The lowest BCUT2D eigenvalue weighted by Gasteiger charge is -2.24. The van der Waals surface area contributed by atoms with Crippen molar-refractivity contribution in [2.45, 2.75) is 199 Å². The number of unbranched alkanes of at least 4 members (excludes halogenated alkanes) is 12. The van der Waals surface area contributed by atoms with Gasteiger partial charge >= 0.3 is 0 Å². The molecule has 366 valence electrons. The number of hydrogen-bond acceptors (Lipinski definition) is 10. The molecule has 5 amide bonds. The summed E-state index contributed by atoms with van der Waals surface area (Å²) in [4.78, 5) is 112. The number of aliphatic imine (C=N–C) groups is 2. The Labute approximate surface area is 381 Å². The Morgan fingerprint density at radius 1 is 0.453 bits per heavy atom. The van der Waals surface area contributed by atoms with Gasteiger partial charge in [-0.15, -0.1) is 0 Å². The summed E-state index contributed by atoms with van der Waals surface area (Å²) in [6.45, 7) is 5.71. The summed E-state index contributed by atoms with van der Waals surface area (Å²) in [5.41, 5.74) is 32.4. The molecule has 15 N–H and O–H groups in total. The first-order valence-corrected chi connectivity index (χ1v) is 23.6. The zero-order valence-corrected chi connectivity index (χ0v) is 39.1. The Hall–Kier alpha value is -5.10. The molecule has 0 fully saturated rings. The Bertz CT molecular complexity index is 1500. The molecular weight excluding hydrogens is 823 g/mol. The van der Waals surface area contributed by atoms with E-state index in [1.165, 1.54) is 64.7 Å². The number of rotatable bonds is 41. The average Bonchev–Trinajstić information content (AvgIpc) is 3.23. The Kier molecular flexibility index (Phi) is 33.4. The maximum Gasteiger partial charge on any atom is 0.224 e. The van der Waals surface area contributed by atoms with Crippen LogP contribution in [0, 0.1) is 11.8 Å². The number of ketones is 3. The Morgan fingerprint density at radius 3 is 1.28 bits per heavy atom. The van der Waals surface area contributed by atoms with Crippen LogP contribution in [0.2, 0.25) is 0 Å².